The fraction of sp³-hybridized carbons (Fsp3) is 0.158. The minimum absolute atomic E-state index is 0.0407. The van der Waals surface area contributed by atoms with Crippen LogP contribution in [0.25, 0.3) is 5.76 Å². The molecular formula is C19H17ClFNO3. The lowest BCUT2D eigenvalue weighted by Gasteiger charge is -2.23. The SMILES string of the molecule is C=C/C=C(/Oc1cc(Cl)c(N)cc1F)c1c(C)ccc2c1OCCO2. The van der Waals surface area contributed by atoms with Crippen LogP contribution in [0.5, 0.6) is 17.2 Å². The lowest BCUT2D eigenvalue weighted by Crippen LogP contribution is -2.17. The molecule has 0 radical (unpaired) electrons. The molecule has 0 atom stereocenters. The van der Waals surface area contributed by atoms with Crippen LogP contribution in [0.3, 0.4) is 0 Å². The first-order valence-corrected chi connectivity index (χ1v) is 8.03. The van der Waals surface area contributed by atoms with Crippen molar-refractivity contribution in [3.05, 3.63) is 65.0 Å². The number of anilines is 1. The van der Waals surface area contributed by atoms with Gasteiger partial charge in [0.1, 0.15) is 19.0 Å². The van der Waals surface area contributed by atoms with Crippen molar-refractivity contribution in [2.75, 3.05) is 18.9 Å². The lowest BCUT2D eigenvalue weighted by molar-refractivity contribution is 0.170. The maximum Gasteiger partial charge on any atom is 0.172 e. The molecule has 0 aromatic heterocycles. The Morgan fingerprint density at radius 3 is 2.84 bits per heavy atom. The van der Waals surface area contributed by atoms with Crippen molar-refractivity contribution in [1.29, 1.82) is 0 Å². The Kier molecular flexibility index (Phi) is 4.86. The molecule has 3 rings (SSSR count). The average Bonchev–Trinajstić information content (AvgIpc) is 2.59. The van der Waals surface area contributed by atoms with Gasteiger partial charge in [-0.3, -0.25) is 0 Å². The number of halogens is 2. The Hall–Kier alpha value is -2.66. The Morgan fingerprint density at radius 2 is 2.08 bits per heavy atom. The smallest absolute Gasteiger partial charge is 0.172 e. The second-order valence-corrected chi connectivity index (χ2v) is 5.86. The topological polar surface area (TPSA) is 53.7 Å². The highest BCUT2D eigenvalue weighted by Crippen LogP contribution is 2.41. The summed E-state index contributed by atoms with van der Waals surface area (Å²) in [6.07, 6.45) is 3.18. The van der Waals surface area contributed by atoms with E-state index < -0.39 is 5.82 Å². The van der Waals surface area contributed by atoms with E-state index in [-0.39, 0.29) is 16.5 Å². The third-order valence-corrected chi connectivity index (χ3v) is 4.03. The largest absolute Gasteiger partial charge is 0.486 e. The second-order valence-electron chi connectivity index (χ2n) is 5.45. The number of aryl methyl sites for hydroxylation is 1. The monoisotopic (exact) mass is 361 g/mol. The molecule has 4 nitrogen and oxygen atoms in total. The van der Waals surface area contributed by atoms with Crippen molar-refractivity contribution in [3.8, 4) is 17.2 Å². The first-order valence-electron chi connectivity index (χ1n) is 7.66. The van der Waals surface area contributed by atoms with E-state index in [2.05, 4.69) is 6.58 Å². The van der Waals surface area contributed by atoms with Crippen LogP contribution >= 0.6 is 11.6 Å². The quantitative estimate of drug-likeness (QED) is 0.485. The number of nitrogen functional groups attached to an aromatic ring is 1. The minimum atomic E-state index is -0.614. The molecule has 0 saturated carbocycles. The number of nitrogens with two attached hydrogens (primary N) is 1. The standard InChI is InChI=1S/C19H17ClFNO3/c1-3-4-15(25-17-9-12(20)14(22)10-13(17)21)18-11(2)5-6-16-19(18)24-8-7-23-16/h3-6,9-10H,1,7-8,22H2,2H3/b15-4+. The van der Waals surface area contributed by atoms with Gasteiger partial charge >= 0.3 is 0 Å². The van der Waals surface area contributed by atoms with Gasteiger partial charge < -0.3 is 19.9 Å². The lowest BCUT2D eigenvalue weighted by atomic mass is 10.0. The zero-order valence-corrected chi connectivity index (χ0v) is 14.4. The maximum atomic E-state index is 14.2. The number of fused-ring (bicyclic) bond motifs is 1. The summed E-state index contributed by atoms with van der Waals surface area (Å²) in [7, 11) is 0. The molecule has 0 unspecified atom stereocenters. The Bertz CT molecular complexity index is 864. The van der Waals surface area contributed by atoms with E-state index in [1.54, 1.807) is 12.2 Å². The Morgan fingerprint density at radius 1 is 1.32 bits per heavy atom. The summed E-state index contributed by atoms with van der Waals surface area (Å²) in [6.45, 7) is 6.49. The molecule has 1 aliphatic rings. The summed E-state index contributed by atoms with van der Waals surface area (Å²) in [6, 6.07) is 6.18. The van der Waals surface area contributed by atoms with Crippen LogP contribution in [0, 0.1) is 12.7 Å². The van der Waals surface area contributed by atoms with E-state index in [0.717, 1.165) is 11.6 Å². The Labute approximate surface area is 150 Å². The summed E-state index contributed by atoms with van der Waals surface area (Å²) >= 11 is 5.98. The first kappa shape index (κ1) is 17.2. The fourth-order valence-electron chi connectivity index (χ4n) is 2.54. The maximum absolute atomic E-state index is 14.2. The van der Waals surface area contributed by atoms with Gasteiger partial charge in [0.05, 0.1) is 16.3 Å². The van der Waals surface area contributed by atoms with Crippen LogP contribution < -0.4 is 19.9 Å². The van der Waals surface area contributed by atoms with Gasteiger partial charge in [-0.25, -0.2) is 4.39 Å². The first-order chi connectivity index (χ1) is 12.0. The van der Waals surface area contributed by atoms with Crippen LogP contribution in [-0.4, -0.2) is 13.2 Å². The van der Waals surface area contributed by atoms with Crippen LogP contribution in [0.4, 0.5) is 10.1 Å². The Balaban J connectivity index is 2.08. The molecule has 130 valence electrons. The van der Waals surface area contributed by atoms with E-state index in [1.807, 2.05) is 19.1 Å². The molecule has 0 spiro atoms. The van der Waals surface area contributed by atoms with Gasteiger partial charge in [-0.05, 0) is 24.6 Å². The average molecular weight is 362 g/mol. The van der Waals surface area contributed by atoms with Gasteiger partial charge in [0, 0.05) is 12.1 Å². The van der Waals surface area contributed by atoms with Crippen LogP contribution in [0.2, 0.25) is 5.02 Å². The molecule has 0 fully saturated rings. The third kappa shape index (κ3) is 3.42. The second kappa shape index (κ2) is 7.07. The molecule has 6 heteroatoms. The van der Waals surface area contributed by atoms with E-state index in [1.165, 1.54) is 6.07 Å². The third-order valence-electron chi connectivity index (χ3n) is 3.70. The highest BCUT2D eigenvalue weighted by molar-refractivity contribution is 6.33. The van der Waals surface area contributed by atoms with E-state index >= 15 is 0 Å². The zero-order chi connectivity index (χ0) is 18.0. The number of hydrogen-bond acceptors (Lipinski definition) is 4. The summed E-state index contributed by atoms with van der Waals surface area (Å²) in [5.41, 5.74) is 7.31. The van der Waals surface area contributed by atoms with Gasteiger partial charge in [-0.1, -0.05) is 30.3 Å². The normalized spacial score (nSPS) is 13.5. The molecule has 25 heavy (non-hydrogen) atoms. The van der Waals surface area contributed by atoms with Gasteiger partial charge in [0.25, 0.3) is 0 Å². The predicted octanol–water partition coefficient (Wildman–Crippen LogP) is 4.75. The summed E-state index contributed by atoms with van der Waals surface area (Å²) < 4.78 is 31.4. The van der Waals surface area contributed by atoms with E-state index in [9.17, 15) is 4.39 Å². The zero-order valence-electron chi connectivity index (χ0n) is 13.6. The summed E-state index contributed by atoms with van der Waals surface area (Å²) in [5, 5.41) is 0.209. The molecule has 0 amide bonds. The van der Waals surface area contributed by atoms with Gasteiger partial charge in [0.2, 0.25) is 0 Å². The van der Waals surface area contributed by atoms with Crippen LogP contribution in [0.1, 0.15) is 11.1 Å². The number of benzene rings is 2. The highest BCUT2D eigenvalue weighted by atomic mass is 35.5. The minimum Gasteiger partial charge on any atom is -0.486 e. The molecule has 1 heterocycles. The summed E-state index contributed by atoms with van der Waals surface area (Å²) in [4.78, 5) is 0. The highest BCUT2D eigenvalue weighted by Gasteiger charge is 2.22. The van der Waals surface area contributed by atoms with Crippen molar-refractivity contribution in [2.24, 2.45) is 0 Å². The number of allylic oxidation sites excluding steroid dienone is 2. The van der Waals surface area contributed by atoms with E-state index in [4.69, 9.17) is 31.5 Å². The number of rotatable bonds is 4. The van der Waals surface area contributed by atoms with Crippen molar-refractivity contribution in [1.82, 2.24) is 0 Å². The predicted molar refractivity (Wildman–Crippen MR) is 96.8 cm³/mol. The summed E-state index contributed by atoms with van der Waals surface area (Å²) in [5.74, 6) is 0.884. The molecule has 0 saturated heterocycles. The number of hydrogen-bond donors (Lipinski definition) is 1. The molecule has 0 aliphatic carbocycles. The molecule has 2 N–H and O–H groups in total. The molecular weight excluding hydrogens is 345 g/mol. The molecule has 2 aromatic rings. The van der Waals surface area contributed by atoms with Gasteiger partial charge in [-0.2, -0.15) is 0 Å². The molecule has 0 bridgehead atoms. The van der Waals surface area contributed by atoms with E-state index in [0.29, 0.717) is 36.0 Å². The van der Waals surface area contributed by atoms with Crippen molar-refractivity contribution in [3.63, 3.8) is 0 Å². The molecule has 1 aliphatic heterocycles. The number of ether oxygens (including phenoxy) is 3. The van der Waals surface area contributed by atoms with Crippen molar-refractivity contribution < 1.29 is 18.6 Å². The van der Waals surface area contributed by atoms with Crippen LogP contribution in [-0.2, 0) is 0 Å². The van der Waals surface area contributed by atoms with Crippen molar-refractivity contribution in [2.45, 2.75) is 6.92 Å². The van der Waals surface area contributed by atoms with Gasteiger partial charge in [0.15, 0.2) is 23.1 Å². The van der Waals surface area contributed by atoms with Gasteiger partial charge in [-0.15, -0.1) is 0 Å². The molecule has 2 aromatic carbocycles. The van der Waals surface area contributed by atoms with Crippen LogP contribution in [0.15, 0.2) is 43.0 Å². The fourth-order valence-corrected chi connectivity index (χ4v) is 2.69. The van der Waals surface area contributed by atoms with Crippen molar-refractivity contribution >= 4 is 23.0 Å².